The molecule has 0 aliphatic rings. The Morgan fingerprint density at radius 3 is 2.58 bits per heavy atom. The standard InChI is InChI=1S/C13H14N2O2S2/c1-9-8-19-13(17)15(9)7-12(16)14-10-3-5-11(18-2)6-4-10/h3-6,8H,7H2,1-2H3,(H,14,16). The summed E-state index contributed by atoms with van der Waals surface area (Å²) < 4.78 is 1.47. The van der Waals surface area contributed by atoms with E-state index in [4.69, 9.17) is 0 Å². The van der Waals surface area contributed by atoms with Crippen LogP contribution in [0.1, 0.15) is 5.69 Å². The number of hydrogen-bond donors (Lipinski definition) is 1. The molecule has 1 aromatic carbocycles. The normalized spacial score (nSPS) is 10.4. The van der Waals surface area contributed by atoms with E-state index in [0.29, 0.717) is 0 Å². The van der Waals surface area contributed by atoms with E-state index < -0.39 is 0 Å². The predicted molar refractivity (Wildman–Crippen MR) is 80.2 cm³/mol. The zero-order valence-electron chi connectivity index (χ0n) is 10.7. The molecule has 6 heteroatoms. The first-order valence-corrected chi connectivity index (χ1v) is 7.79. The second kappa shape index (κ2) is 6.08. The van der Waals surface area contributed by atoms with Gasteiger partial charge in [0, 0.05) is 21.7 Å². The van der Waals surface area contributed by atoms with Gasteiger partial charge in [-0.15, -0.1) is 11.8 Å². The third-order valence-electron chi connectivity index (χ3n) is 2.65. The lowest BCUT2D eigenvalue weighted by atomic mass is 10.3. The number of carbonyl (C=O) groups is 1. The lowest BCUT2D eigenvalue weighted by Gasteiger charge is -2.07. The van der Waals surface area contributed by atoms with Crippen molar-refractivity contribution in [3.63, 3.8) is 0 Å². The molecule has 4 nitrogen and oxygen atoms in total. The number of aromatic nitrogens is 1. The average molecular weight is 294 g/mol. The molecular weight excluding hydrogens is 280 g/mol. The molecule has 1 amide bonds. The summed E-state index contributed by atoms with van der Waals surface area (Å²) in [6, 6.07) is 7.60. The summed E-state index contributed by atoms with van der Waals surface area (Å²) in [5.74, 6) is -0.194. The van der Waals surface area contributed by atoms with Crippen LogP contribution in [0.5, 0.6) is 0 Å². The van der Waals surface area contributed by atoms with Crippen molar-refractivity contribution < 1.29 is 4.79 Å². The van der Waals surface area contributed by atoms with Gasteiger partial charge in [0.2, 0.25) is 5.91 Å². The molecule has 0 aliphatic carbocycles. The Bertz CT molecular complexity index is 629. The van der Waals surface area contributed by atoms with Crippen LogP contribution in [0.2, 0.25) is 0 Å². The van der Waals surface area contributed by atoms with Gasteiger partial charge >= 0.3 is 4.87 Å². The SMILES string of the molecule is CSc1ccc(NC(=O)Cn2c(C)csc2=O)cc1. The fourth-order valence-corrected chi connectivity index (χ4v) is 2.76. The lowest BCUT2D eigenvalue weighted by molar-refractivity contribution is -0.116. The molecule has 0 aliphatic heterocycles. The van der Waals surface area contributed by atoms with Gasteiger partial charge in [-0.05, 0) is 37.4 Å². The first-order valence-electron chi connectivity index (χ1n) is 5.69. The molecule has 0 bridgehead atoms. The third kappa shape index (κ3) is 3.48. The van der Waals surface area contributed by atoms with Crippen LogP contribution in [-0.4, -0.2) is 16.7 Å². The van der Waals surface area contributed by atoms with Crippen molar-refractivity contribution in [1.82, 2.24) is 4.57 Å². The van der Waals surface area contributed by atoms with Crippen LogP contribution >= 0.6 is 23.1 Å². The van der Waals surface area contributed by atoms with Gasteiger partial charge in [-0.25, -0.2) is 0 Å². The molecular formula is C13H14N2O2S2. The second-order valence-electron chi connectivity index (χ2n) is 4.01. The molecule has 1 N–H and O–H groups in total. The molecule has 0 saturated heterocycles. The minimum Gasteiger partial charge on any atom is -0.325 e. The topological polar surface area (TPSA) is 51.1 Å². The Morgan fingerprint density at radius 2 is 2.05 bits per heavy atom. The van der Waals surface area contributed by atoms with Gasteiger partial charge in [0.1, 0.15) is 6.54 Å². The van der Waals surface area contributed by atoms with Crippen molar-refractivity contribution in [3.05, 3.63) is 45.0 Å². The first kappa shape index (κ1) is 13.9. The van der Waals surface area contributed by atoms with Gasteiger partial charge in [0.15, 0.2) is 0 Å². The Kier molecular flexibility index (Phi) is 4.44. The number of carbonyl (C=O) groups excluding carboxylic acids is 1. The van der Waals surface area contributed by atoms with Crippen molar-refractivity contribution in [3.8, 4) is 0 Å². The summed E-state index contributed by atoms with van der Waals surface area (Å²) in [4.78, 5) is 24.4. The predicted octanol–water partition coefficient (Wildman–Crippen LogP) is 2.58. The third-order valence-corrected chi connectivity index (χ3v) is 4.28. The molecule has 1 heterocycles. The molecule has 0 atom stereocenters. The molecule has 2 rings (SSSR count). The van der Waals surface area contributed by atoms with E-state index >= 15 is 0 Å². The minimum atomic E-state index is -0.194. The van der Waals surface area contributed by atoms with Gasteiger partial charge < -0.3 is 5.32 Å². The van der Waals surface area contributed by atoms with E-state index in [1.807, 2.05) is 37.4 Å². The van der Waals surface area contributed by atoms with E-state index in [9.17, 15) is 9.59 Å². The summed E-state index contributed by atoms with van der Waals surface area (Å²) in [7, 11) is 0. The number of nitrogens with one attached hydrogen (secondary N) is 1. The summed E-state index contributed by atoms with van der Waals surface area (Å²) in [6.07, 6.45) is 2.00. The minimum absolute atomic E-state index is 0.0540. The van der Waals surface area contributed by atoms with E-state index in [0.717, 1.165) is 27.6 Å². The highest BCUT2D eigenvalue weighted by molar-refractivity contribution is 7.98. The van der Waals surface area contributed by atoms with Crippen molar-refractivity contribution >= 4 is 34.7 Å². The summed E-state index contributed by atoms with van der Waals surface area (Å²) >= 11 is 2.76. The number of thioether (sulfide) groups is 1. The van der Waals surface area contributed by atoms with Gasteiger partial charge in [0.05, 0.1) is 0 Å². The van der Waals surface area contributed by atoms with Crippen LogP contribution in [0.3, 0.4) is 0 Å². The fraction of sp³-hybridized carbons (Fsp3) is 0.231. The van der Waals surface area contributed by atoms with Crippen molar-refractivity contribution in [2.24, 2.45) is 0 Å². The number of benzene rings is 1. The highest BCUT2D eigenvalue weighted by Gasteiger charge is 2.08. The number of hydrogen-bond acceptors (Lipinski definition) is 4. The highest BCUT2D eigenvalue weighted by Crippen LogP contribution is 2.17. The average Bonchev–Trinajstić information content (AvgIpc) is 2.71. The number of amides is 1. The Balaban J connectivity index is 2.03. The zero-order valence-corrected chi connectivity index (χ0v) is 12.3. The number of anilines is 1. The van der Waals surface area contributed by atoms with Crippen LogP contribution in [0.4, 0.5) is 5.69 Å². The van der Waals surface area contributed by atoms with Crippen molar-refractivity contribution in [2.45, 2.75) is 18.4 Å². The number of nitrogens with zero attached hydrogens (tertiary/aromatic N) is 1. The maximum absolute atomic E-state index is 11.9. The largest absolute Gasteiger partial charge is 0.325 e. The molecule has 0 fully saturated rings. The van der Waals surface area contributed by atoms with Gasteiger partial charge in [-0.1, -0.05) is 11.3 Å². The number of thiazole rings is 1. The smallest absolute Gasteiger partial charge is 0.307 e. The van der Waals surface area contributed by atoms with E-state index in [1.54, 1.807) is 17.1 Å². The van der Waals surface area contributed by atoms with Crippen LogP contribution in [-0.2, 0) is 11.3 Å². The number of rotatable bonds is 4. The van der Waals surface area contributed by atoms with Crippen molar-refractivity contribution in [2.75, 3.05) is 11.6 Å². The summed E-state index contributed by atoms with van der Waals surface area (Å²) in [5, 5.41) is 4.54. The van der Waals surface area contributed by atoms with Gasteiger partial charge in [-0.3, -0.25) is 14.2 Å². The zero-order chi connectivity index (χ0) is 13.8. The molecule has 100 valence electrons. The van der Waals surface area contributed by atoms with Gasteiger partial charge in [-0.2, -0.15) is 0 Å². The van der Waals surface area contributed by atoms with Crippen LogP contribution in [0, 0.1) is 6.92 Å². The molecule has 0 unspecified atom stereocenters. The molecule has 0 spiro atoms. The molecule has 1 aromatic heterocycles. The first-order chi connectivity index (χ1) is 9.10. The van der Waals surface area contributed by atoms with E-state index in [-0.39, 0.29) is 17.3 Å². The molecule has 0 saturated carbocycles. The fourth-order valence-electron chi connectivity index (χ4n) is 1.61. The van der Waals surface area contributed by atoms with E-state index in [1.165, 1.54) is 4.57 Å². The maximum Gasteiger partial charge on any atom is 0.307 e. The Hall–Kier alpha value is -1.53. The lowest BCUT2D eigenvalue weighted by Crippen LogP contribution is -2.25. The summed E-state index contributed by atoms with van der Waals surface area (Å²) in [6.45, 7) is 1.87. The van der Waals surface area contributed by atoms with Gasteiger partial charge in [0.25, 0.3) is 0 Å². The Labute approximate surface area is 119 Å². The van der Waals surface area contributed by atoms with Crippen LogP contribution < -0.4 is 10.2 Å². The second-order valence-corrected chi connectivity index (χ2v) is 5.71. The van der Waals surface area contributed by atoms with Crippen LogP contribution in [0.15, 0.2) is 39.3 Å². The maximum atomic E-state index is 11.9. The summed E-state index contributed by atoms with van der Waals surface area (Å²) in [5.41, 5.74) is 1.55. The highest BCUT2D eigenvalue weighted by atomic mass is 32.2. The molecule has 0 radical (unpaired) electrons. The van der Waals surface area contributed by atoms with Crippen molar-refractivity contribution in [1.29, 1.82) is 0 Å². The Morgan fingerprint density at radius 1 is 1.37 bits per heavy atom. The molecule has 2 aromatic rings. The number of aryl methyl sites for hydroxylation is 1. The quantitative estimate of drug-likeness (QED) is 0.882. The van der Waals surface area contributed by atoms with Crippen LogP contribution in [0.25, 0.3) is 0 Å². The molecule has 19 heavy (non-hydrogen) atoms. The monoisotopic (exact) mass is 294 g/mol. The van der Waals surface area contributed by atoms with E-state index in [2.05, 4.69) is 5.32 Å².